The van der Waals surface area contributed by atoms with Crippen LogP contribution in [0.3, 0.4) is 0 Å². The lowest BCUT2D eigenvalue weighted by Crippen LogP contribution is -2.47. The number of para-hydroxylation sites is 1. The summed E-state index contributed by atoms with van der Waals surface area (Å²) in [6.45, 7) is 7.65. The van der Waals surface area contributed by atoms with Gasteiger partial charge in [-0.15, -0.1) is 24.0 Å². The van der Waals surface area contributed by atoms with E-state index in [-0.39, 0.29) is 24.0 Å². The Labute approximate surface area is 179 Å². The first kappa shape index (κ1) is 23.3. The fraction of sp³-hybridized carbons (Fsp3) is 0.611. The van der Waals surface area contributed by atoms with Crippen molar-refractivity contribution in [3.05, 3.63) is 29.3 Å². The van der Waals surface area contributed by atoms with E-state index >= 15 is 0 Å². The Hall–Kier alpha value is -0.770. The lowest BCUT2D eigenvalue weighted by molar-refractivity contribution is 0.203. The fourth-order valence-electron chi connectivity index (χ4n) is 2.92. The van der Waals surface area contributed by atoms with Crippen LogP contribution in [0.1, 0.15) is 6.42 Å². The molecule has 26 heavy (non-hydrogen) atoms. The summed E-state index contributed by atoms with van der Waals surface area (Å²) < 4.78 is 5.03. The molecule has 6 nitrogen and oxygen atoms in total. The van der Waals surface area contributed by atoms with Gasteiger partial charge in [-0.2, -0.15) is 0 Å². The molecule has 0 spiro atoms. The summed E-state index contributed by atoms with van der Waals surface area (Å²) in [5.74, 6) is 0.834. The zero-order valence-corrected chi connectivity index (χ0v) is 18.8. The first-order chi connectivity index (χ1) is 12.2. The number of nitrogens with one attached hydrogen (secondary N) is 2. The topological polar surface area (TPSA) is 52.1 Å². The average Bonchev–Trinajstić information content (AvgIpc) is 2.65. The van der Waals surface area contributed by atoms with Crippen LogP contribution in [0.15, 0.2) is 29.3 Å². The second-order valence-corrected chi connectivity index (χ2v) is 6.46. The molecule has 0 amide bonds. The molecule has 1 aromatic rings. The smallest absolute Gasteiger partial charge is 0.191 e. The normalized spacial score (nSPS) is 15.5. The van der Waals surface area contributed by atoms with E-state index in [9.17, 15) is 0 Å². The molecular weight excluding hydrogens is 465 g/mol. The third-order valence-electron chi connectivity index (χ3n) is 4.33. The van der Waals surface area contributed by atoms with Crippen molar-refractivity contribution in [3.8, 4) is 0 Å². The Kier molecular flexibility index (Phi) is 12.0. The van der Waals surface area contributed by atoms with Gasteiger partial charge in [0.1, 0.15) is 0 Å². The predicted octanol–water partition coefficient (Wildman–Crippen LogP) is 2.28. The minimum atomic E-state index is 0. The fourth-order valence-corrected chi connectivity index (χ4v) is 3.18. The van der Waals surface area contributed by atoms with E-state index in [0.717, 1.165) is 68.9 Å². The highest BCUT2D eigenvalue weighted by molar-refractivity contribution is 14.0. The van der Waals surface area contributed by atoms with Crippen molar-refractivity contribution < 1.29 is 4.74 Å². The van der Waals surface area contributed by atoms with Gasteiger partial charge in [-0.05, 0) is 25.1 Å². The number of methoxy groups -OCH3 is 1. The first-order valence-electron chi connectivity index (χ1n) is 8.90. The van der Waals surface area contributed by atoms with Crippen molar-refractivity contribution in [1.82, 2.24) is 15.5 Å². The lowest BCUT2D eigenvalue weighted by Gasteiger charge is -2.36. The molecule has 1 heterocycles. The third-order valence-corrected chi connectivity index (χ3v) is 4.65. The summed E-state index contributed by atoms with van der Waals surface area (Å²) in [4.78, 5) is 9.09. The van der Waals surface area contributed by atoms with Gasteiger partial charge in [0.15, 0.2) is 5.96 Å². The predicted molar refractivity (Wildman–Crippen MR) is 121 cm³/mol. The lowest BCUT2D eigenvalue weighted by atomic mass is 10.2. The molecule has 2 rings (SSSR count). The minimum Gasteiger partial charge on any atom is -0.383 e. The molecule has 1 saturated heterocycles. The summed E-state index contributed by atoms with van der Waals surface area (Å²) in [7, 11) is 3.49. The molecule has 1 aliphatic rings. The van der Waals surface area contributed by atoms with E-state index in [0.29, 0.717) is 6.61 Å². The summed E-state index contributed by atoms with van der Waals surface area (Å²) in [6.07, 6.45) is 1.09. The van der Waals surface area contributed by atoms with Crippen molar-refractivity contribution in [2.45, 2.75) is 6.42 Å². The number of guanidine groups is 1. The van der Waals surface area contributed by atoms with E-state index in [1.54, 1.807) is 14.2 Å². The van der Waals surface area contributed by atoms with Crippen LogP contribution in [0, 0.1) is 0 Å². The number of hydrogen-bond donors (Lipinski definition) is 2. The van der Waals surface area contributed by atoms with Crippen molar-refractivity contribution in [1.29, 1.82) is 0 Å². The molecule has 0 aliphatic carbocycles. The maximum Gasteiger partial charge on any atom is 0.191 e. The molecule has 1 fully saturated rings. The van der Waals surface area contributed by atoms with E-state index in [1.807, 2.05) is 18.2 Å². The Morgan fingerprint density at radius 3 is 2.50 bits per heavy atom. The Bertz CT molecular complexity index is 538. The standard InChI is InChI=1S/C18H30ClN5O.HI/c1-20-18(22-9-15-25-2)21-8-5-10-23-11-13-24(14-12-23)17-7-4-3-6-16(17)19;/h3-4,6-7H,5,8-15H2,1-2H3,(H2,20,21,22);1H. The quantitative estimate of drug-likeness (QED) is 0.251. The molecule has 0 bridgehead atoms. The van der Waals surface area contributed by atoms with Crippen molar-refractivity contribution >= 4 is 47.2 Å². The monoisotopic (exact) mass is 495 g/mol. The number of piperazine rings is 1. The van der Waals surface area contributed by atoms with E-state index in [1.165, 1.54) is 0 Å². The molecule has 0 saturated carbocycles. The molecule has 0 atom stereocenters. The van der Waals surface area contributed by atoms with Crippen LogP contribution in [-0.4, -0.2) is 77.4 Å². The number of hydrogen-bond acceptors (Lipinski definition) is 4. The SMILES string of the molecule is CN=C(NCCCN1CCN(c2ccccc2Cl)CC1)NCCOC.I. The van der Waals surface area contributed by atoms with Crippen LogP contribution in [0.2, 0.25) is 5.02 Å². The second kappa shape index (κ2) is 13.4. The largest absolute Gasteiger partial charge is 0.383 e. The molecule has 8 heteroatoms. The number of aliphatic imine (C=N–C) groups is 1. The van der Waals surface area contributed by atoms with Crippen LogP contribution in [0.4, 0.5) is 5.69 Å². The number of rotatable bonds is 8. The third kappa shape index (κ3) is 7.85. The summed E-state index contributed by atoms with van der Waals surface area (Å²) in [6, 6.07) is 8.09. The number of anilines is 1. The average molecular weight is 496 g/mol. The highest BCUT2D eigenvalue weighted by Gasteiger charge is 2.18. The van der Waals surface area contributed by atoms with Crippen LogP contribution in [-0.2, 0) is 4.74 Å². The van der Waals surface area contributed by atoms with E-state index in [4.69, 9.17) is 16.3 Å². The zero-order chi connectivity index (χ0) is 17.9. The van der Waals surface area contributed by atoms with Gasteiger partial charge >= 0.3 is 0 Å². The minimum absolute atomic E-state index is 0. The van der Waals surface area contributed by atoms with Gasteiger partial charge in [0.25, 0.3) is 0 Å². The highest BCUT2D eigenvalue weighted by atomic mass is 127. The maximum atomic E-state index is 6.30. The van der Waals surface area contributed by atoms with Crippen LogP contribution in [0.5, 0.6) is 0 Å². The summed E-state index contributed by atoms with van der Waals surface area (Å²) >= 11 is 6.30. The van der Waals surface area contributed by atoms with Crippen molar-refractivity contribution in [2.24, 2.45) is 4.99 Å². The first-order valence-corrected chi connectivity index (χ1v) is 9.27. The van der Waals surface area contributed by atoms with Crippen molar-refractivity contribution in [2.75, 3.05) is 71.5 Å². The Morgan fingerprint density at radius 1 is 1.15 bits per heavy atom. The number of ether oxygens (including phenoxy) is 1. The van der Waals surface area contributed by atoms with Gasteiger partial charge in [-0.1, -0.05) is 23.7 Å². The van der Waals surface area contributed by atoms with E-state index < -0.39 is 0 Å². The van der Waals surface area contributed by atoms with Gasteiger partial charge in [0.05, 0.1) is 17.3 Å². The molecular formula is C18H31ClIN5O. The molecule has 0 aromatic heterocycles. The van der Waals surface area contributed by atoms with Gasteiger partial charge in [-0.3, -0.25) is 9.89 Å². The number of halogens is 2. The Morgan fingerprint density at radius 2 is 1.85 bits per heavy atom. The van der Waals surface area contributed by atoms with Crippen LogP contribution < -0.4 is 15.5 Å². The summed E-state index contributed by atoms with van der Waals surface area (Å²) in [5.41, 5.74) is 1.15. The number of nitrogens with zero attached hydrogens (tertiary/aromatic N) is 3. The maximum absolute atomic E-state index is 6.30. The molecule has 0 radical (unpaired) electrons. The molecule has 148 valence electrons. The van der Waals surface area contributed by atoms with Gasteiger partial charge < -0.3 is 20.3 Å². The Balaban J connectivity index is 0.00000338. The zero-order valence-electron chi connectivity index (χ0n) is 15.7. The molecule has 1 aliphatic heterocycles. The van der Waals surface area contributed by atoms with Crippen LogP contribution >= 0.6 is 35.6 Å². The van der Waals surface area contributed by atoms with Crippen LogP contribution in [0.25, 0.3) is 0 Å². The van der Waals surface area contributed by atoms with Gasteiger partial charge in [0.2, 0.25) is 0 Å². The molecule has 2 N–H and O–H groups in total. The van der Waals surface area contributed by atoms with Gasteiger partial charge in [-0.25, -0.2) is 0 Å². The molecule has 0 unspecified atom stereocenters. The second-order valence-electron chi connectivity index (χ2n) is 6.05. The summed E-state index contributed by atoms with van der Waals surface area (Å²) in [5, 5.41) is 7.40. The van der Waals surface area contributed by atoms with Gasteiger partial charge in [0, 0.05) is 53.4 Å². The molecule has 1 aromatic carbocycles. The van der Waals surface area contributed by atoms with E-state index in [2.05, 4.69) is 31.5 Å². The highest BCUT2D eigenvalue weighted by Crippen LogP contribution is 2.25. The van der Waals surface area contributed by atoms with Crippen molar-refractivity contribution in [3.63, 3.8) is 0 Å². The number of benzene rings is 1.